The van der Waals surface area contributed by atoms with E-state index in [9.17, 15) is 9.00 Å². The molecule has 0 spiro atoms. The first kappa shape index (κ1) is 9.00. The summed E-state index contributed by atoms with van der Waals surface area (Å²) >= 11 is 5.35. The van der Waals surface area contributed by atoms with Gasteiger partial charge in [-0.05, 0) is 0 Å². The average Bonchev–Trinajstić information content (AvgIpc) is 2.05. The fourth-order valence-corrected chi connectivity index (χ4v) is 2.19. The van der Waals surface area contributed by atoms with Gasteiger partial charge in [0.05, 0.1) is 0 Å². The Kier molecular flexibility index (Phi) is 3.33. The summed E-state index contributed by atoms with van der Waals surface area (Å²) in [5.41, 5.74) is 0. The molecule has 3 nitrogen and oxygen atoms in total. The third kappa shape index (κ3) is 2.45. The van der Waals surface area contributed by atoms with Crippen LogP contribution in [-0.4, -0.2) is 45.5 Å². The molecule has 0 bridgehead atoms. The van der Waals surface area contributed by atoms with Gasteiger partial charge in [0.25, 0.3) is 0 Å². The van der Waals surface area contributed by atoms with Crippen LogP contribution in [0.3, 0.4) is 0 Å². The maximum absolute atomic E-state index is 11.0. The first-order chi connectivity index (χ1) is 5.24. The molecule has 1 aliphatic heterocycles. The number of halogens is 1. The minimum Gasteiger partial charge on any atom is -0.340 e. The predicted octanol–water partition coefficient (Wildman–Crippen LogP) is -0.184. The van der Waals surface area contributed by atoms with Gasteiger partial charge >= 0.3 is 0 Å². The summed E-state index contributed by atoms with van der Waals surface area (Å²) in [4.78, 5) is 12.6. The highest BCUT2D eigenvalue weighted by Crippen LogP contribution is 2.00. The lowest BCUT2D eigenvalue weighted by molar-refractivity contribution is -0.128. The molecule has 0 N–H and O–H groups in total. The Bertz CT molecular complexity index is 175. The van der Waals surface area contributed by atoms with Crippen molar-refractivity contribution < 1.29 is 9.00 Å². The Hall–Kier alpha value is -0.0900. The molecule has 0 aromatic rings. The lowest BCUT2D eigenvalue weighted by Crippen LogP contribution is -2.42. The van der Waals surface area contributed by atoms with Gasteiger partial charge < -0.3 is 4.90 Å². The largest absolute Gasteiger partial charge is 0.340 e. The van der Waals surface area contributed by atoms with Crippen LogP contribution in [0, 0.1) is 0 Å². The molecule has 1 rings (SSSR count). The van der Waals surface area contributed by atoms with Crippen molar-refractivity contribution in [2.75, 3.05) is 30.5 Å². The molecule has 11 heavy (non-hydrogen) atoms. The minimum absolute atomic E-state index is 0.0344. The molecule has 1 heterocycles. The van der Waals surface area contributed by atoms with Crippen LogP contribution in [0.5, 0.6) is 0 Å². The quantitative estimate of drug-likeness (QED) is 0.545. The Labute approximate surface area is 73.2 Å². The van der Waals surface area contributed by atoms with Crippen molar-refractivity contribution in [3.8, 4) is 0 Å². The van der Waals surface area contributed by atoms with Crippen molar-refractivity contribution in [3.63, 3.8) is 0 Å². The third-order valence-electron chi connectivity index (χ3n) is 1.64. The van der Waals surface area contributed by atoms with Gasteiger partial charge in [0.15, 0.2) is 0 Å². The van der Waals surface area contributed by atoms with Crippen molar-refractivity contribution in [2.45, 2.75) is 0 Å². The van der Waals surface area contributed by atoms with Gasteiger partial charge in [-0.3, -0.25) is 9.00 Å². The zero-order valence-electron chi connectivity index (χ0n) is 6.09. The molecule has 1 aliphatic rings. The molecule has 1 saturated heterocycles. The number of rotatable bonds is 1. The van der Waals surface area contributed by atoms with Crippen molar-refractivity contribution in [2.24, 2.45) is 0 Å². The molecule has 64 valence electrons. The number of carbonyl (C=O) groups excluding carboxylic acids is 1. The Morgan fingerprint density at radius 3 is 2.45 bits per heavy atom. The highest BCUT2D eigenvalue weighted by atomic mass is 35.5. The van der Waals surface area contributed by atoms with Crippen LogP contribution < -0.4 is 0 Å². The normalized spacial score (nSPS) is 20.3. The fraction of sp³-hybridized carbons (Fsp3) is 0.833. The monoisotopic (exact) mass is 195 g/mol. The summed E-state index contributed by atoms with van der Waals surface area (Å²) < 4.78 is 10.9. The summed E-state index contributed by atoms with van der Waals surface area (Å²) in [5, 5.41) is 0. The van der Waals surface area contributed by atoms with Crippen LogP contribution in [0.2, 0.25) is 0 Å². The van der Waals surface area contributed by atoms with Crippen molar-refractivity contribution in [3.05, 3.63) is 0 Å². The number of nitrogens with zero attached hydrogens (tertiary/aromatic N) is 1. The second-order valence-corrected chi connectivity index (χ2v) is 4.33. The van der Waals surface area contributed by atoms with E-state index >= 15 is 0 Å². The number of carbonyl (C=O) groups is 1. The van der Waals surface area contributed by atoms with Gasteiger partial charge in [-0.15, -0.1) is 11.6 Å². The van der Waals surface area contributed by atoms with Crippen molar-refractivity contribution >= 4 is 28.3 Å². The molecule has 0 aliphatic carbocycles. The standard InChI is InChI=1S/C6H10ClNO2S/c7-5-6(9)8-1-3-11(10)4-2-8/h1-5H2. The summed E-state index contributed by atoms with van der Waals surface area (Å²) in [6.45, 7) is 1.19. The lowest BCUT2D eigenvalue weighted by Gasteiger charge is -2.25. The van der Waals surface area contributed by atoms with Crippen LogP contribution in [0.1, 0.15) is 0 Å². The van der Waals surface area contributed by atoms with E-state index in [1.807, 2.05) is 0 Å². The molecular formula is C6H10ClNO2S. The summed E-state index contributed by atoms with van der Waals surface area (Å²) in [5.74, 6) is 1.18. The van der Waals surface area contributed by atoms with Crippen LogP contribution in [0.15, 0.2) is 0 Å². The molecule has 0 aromatic carbocycles. The molecule has 0 unspecified atom stereocenters. The van der Waals surface area contributed by atoms with Gasteiger partial charge in [0.1, 0.15) is 5.88 Å². The summed E-state index contributed by atoms with van der Waals surface area (Å²) in [7, 11) is -0.716. The second-order valence-electron chi connectivity index (χ2n) is 2.36. The van der Waals surface area contributed by atoms with E-state index in [1.165, 1.54) is 0 Å². The topological polar surface area (TPSA) is 37.4 Å². The molecular weight excluding hydrogens is 186 g/mol. The van der Waals surface area contributed by atoms with Crippen LogP contribution >= 0.6 is 11.6 Å². The number of amides is 1. The first-order valence-electron chi connectivity index (χ1n) is 3.43. The summed E-state index contributed by atoms with van der Waals surface area (Å²) in [6, 6.07) is 0. The molecule has 5 heteroatoms. The molecule has 1 amide bonds. The molecule has 0 atom stereocenters. The molecule has 0 saturated carbocycles. The van der Waals surface area contributed by atoms with Gasteiger partial charge in [-0.25, -0.2) is 0 Å². The van der Waals surface area contributed by atoms with E-state index in [0.717, 1.165) is 0 Å². The number of alkyl halides is 1. The number of hydrogen-bond acceptors (Lipinski definition) is 2. The van der Waals surface area contributed by atoms with Crippen LogP contribution in [0.4, 0.5) is 0 Å². The van der Waals surface area contributed by atoms with E-state index in [1.54, 1.807) is 4.90 Å². The zero-order valence-corrected chi connectivity index (χ0v) is 7.66. The average molecular weight is 196 g/mol. The van der Waals surface area contributed by atoms with Crippen LogP contribution in [-0.2, 0) is 15.6 Å². The lowest BCUT2D eigenvalue weighted by atomic mass is 10.5. The Balaban J connectivity index is 2.39. The van der Waals surface area contributed by atoms with E-state index in [4.69, 9.17) is 11.6 Å². The Morgan fingerprint density at radius 1 is 1.45 bits per heavy atom. The first-order valence-corrected chi connectivity index (χ1v) is 5.45. The molecule has 0 aromatic heterocycles. The smallest absolute Gasteiger partial charge is 0.237 e. The molecule has 1 fully saturated rings. The van der Waals surface area contributed by atoms with Gasteiger partial charge in [0, 0.05) is 35.4 Å². The highest BCUT2D eigenvalue weighted by Gasteiger charge is 2.18. The van der Waals surface area contributed by atoms with E-state index in [2.05, 4.69) is 0 Å². The summed E-state index contributed by atoms with van der Waals surface area (Å²) in [6.07, 6.45) is 0. The third-order valence-corrected chi connectivity index (χ3v) is 3.15. The van der Waals surface area contributed by atoms with Gasteiger partial charge in [-0.2, -0.15) is 0 Å². The SMILES string of the molecule is O=C(CCl)N1CCS(=O)CC1. The second kappa shape index (κ2) is 4.07. The minimum atomic E-state index is -0.716. The maximum Gasteiger partial charge on any atom is 0.237 e. The van der Waals surface area contributed by atoms with Crippen LogP contribution in [0.25, 0.3) is 0 Å². The molecule has 0 radical (unpaired) electrons. The van der Waals surface area contributed by atoms with E-state index in [0.29, 0.717) is 24.6 Å². The van der Waals surface area contributed by atoms with Gasteiger partial charge in [0.2, 0.25) is 5.91 Å². The van der Waals surface area contributed by atoms with Crippen molar-refractivity contribution in [1.29, 1.82) is 0 Å². The zero-order chi connectivity index (χ0) is 8.27. The fourth-order valence-electron chi connectivity index (χ4n) is 0.972. The highest BCUT2D eigenvalue weighted by molar-refractivity contribution is 7.85. The van der Waals surface area contributed by atoms with Crippen molar-refractivity contribution in [1.82, 2.24) is 4.90 Å². The Morgan fingerprint density at radius 2 is 2.00 bits per heavy atom. The van der Waals surface area contributed by atoms with E-state index in [-0.39, 0.29) is 11.8 Å². The maximum atomic E-state index is 11.0. The predicted molar refractivity (Wildman–Crippen MR) is 45.2 cm³/mol. The van der Waals surface area contributed by atoms with Gasteiger partial charge in [-0.1, -0.05) is 0 Å². The number of hydrogen-bond donors (Lipinski definition) is 0. The van der Waals surface area contributed by atoms with E-state index < -0.39 is 10.8 Å².